The average Bonchev–Trinajstić information content (AvgIpc) is 2.94. The molecule has 8 nitrogen and oxygen atoms in total. The summed E-state index contributed by atoms with van der Waals surface area (Å²) < 4.78 is 5.75. The van der Waals surface area contributed by atoms with Crippen LogP contribution in [0.5, 0.6) is 0 Å². The fourth-order valence-electron chi connectivity index (χ4n) is 2.87. The number of hydrogen-bond donors (Lipinski definition) is 0. The molecule has 0 aromatic rings. The summed E-state index contributed by atoms with van der Waals surface area (Å²) in [4.78, 5) is 53.6. The number of nitrogens with zero attached hydrogens (tertiary/aromatic N) is 2. The highest BCUT2D eigenvalue weighted by atomic mass is 16.7. The maximum absolute atomic E-state index is 12.3. The van der Waals surface area contributed by atoms with Gasteiger partial charge in [-0.3, -0.25) is 28.9 Å². The van der Waals surface area contributed by atoms with Gasteiger partial charge >= 0.3 is 0 Å². The van der Waals surface area contributed by atoms with Gasteiger partial charge in [-0.15, -0.1) is 0 Å². The van der Waals surface area contributed by atoms with Crippen molar-refractivity contribution < 1.29 is 28.8 Å². The molecule has 0 bridgehead atoms. The van der Waals surface area contributed by atoms with E-state index in [-0.39, 0.29) is 49.3 Å². The second-order valence-corrected chi connectivity index (χ2v) is 7.06. The lowest BCUT2D eigenvalue weighted by Crippen LogP contribution is -2.38. The molecule has 2 aliphatic rings. The summed E-state index contributed by atoms with van der Waals surface area (Å²) in [7, 11) is 0. The number of hydroxylamine groups is 2. The smallest absolute Gasteiger partial charge is 0.257 e. The van der Waals surface area contributed by atoms with E-state index in [1.54, 1.807) is 13.8 Å². The first-order valence-corrected chi connectivity index (χ1v) is 8.32. The molecule has 0 aromatic heterocycles. The van der Waals surface area contributed by atoms with E-state index in [9.17, 15) is 19.2 Å². The first kappa shape index (κ1) is 19.3. The molecule has 2 rings (SSSR count). The quantitative estimate of drug-likeness (QED) is 0.600. The predicted octanol–water partition coefficient (Wildman–Crippen LogP) is 0.812. The number of amides is 4. The molecule has 1 unspecified atom stereocenters. The second kappa shape index (κ2) is 7.45. The summed E-state index contributed by atoms with van der Waals surface area (Å²) in [6.45, 7) is 7.42. The lowest BCUT2D eigenvalue weighted by Gasteiger charge is -2.28. The molecule has 1 fully saturated rings. The van der Waals surface area contributed by atoms with Crippen LogP contribution in [0, 0.1) is 5.92 Å². The monoisotopic (exact) mass is 352 g/mol. The number of hydrogen-bond acceptors (Lipinski definition) is 6. The van der Waals surface area contributed by atoms with Gasteiger partial charge in [0.15, 0.2) is 0 Å². The summed E-state index contributed by atoms with van der Waals surface area (Å²) in [5, 5.41) is 0.846. The van der Waals surface area contributed by atoms with Crippen LogP contribution in [0.3, 0.4) is 0 Å². The van der Waals surface area contributed by atoms with Crippen molar-refractivity contribution in [2.75, 3.05) is 13.2 Å². The van der Waals surface area contributed by atoms with Gasteiger partial charge in [0.1, 0.15) is 0 Å². The van der Waals surface area contributed by atoms with E-state index in [0.717, 1.165) is 9.96 Å². The summed E-state index contributed by atoms with van der Waals surface area (Å²) >= 11 is 0. The Kier molecular flexibility index (Phi) is 5.74. The largest absolute Gasteiger partial charge is 0.374 e. The van der Waals surface area contributed by atoms with Crippen molar-refractivity contribution in [1.82, 2.24) is 9.96 Å². The Hall–Kier alpha value is -2.06. The number of imide groups is 2. The fraction of sp³-hybridized carbons (Fsp3) is 0.647. The van der Waals surface area contributed by atoms with Gasteiger partial charge in [-0.25, -0.2) is 0 Å². The van der Waals surface area contributed by atoms with Crippen LogP contribution >= 0.6 is 0 Å². The molecule has 8 heteroatoms. The van der Waals surface area contributed by atoms with Gasteiger partial charge in [-0.1, -0.05) is 0 Å². The van der Waals surface area contributed by atoms with Gasteiger partial charge in [0.05, 0.1) is 30.8 Å². The molecule has 2 heterocycles. The van der Waals surface area contributed by atoms with E-state index in [2.05, 4.69) is 0 Å². The van der Waals surface area contributed by atoms with Crippen molar-refractivity contribution in [1.29, 1.82) is 0 Å². The first-order valence-electron chi connectivity index (χ1n) is 8.32. The number of carbonyl (C=O) groups is 4. The third-order valence-corrected chi connectivity index (χ3v) is 3.96. The molecule has 25 heavy (non-hydrogen) atoms. The molecule has 1 atom stereocenters. The number of carbonyl (C=O) groups excluding carboxylic acids is 4. The summed E-state index contributed by atoms with van der Waals surface area (Å²) in [6, 6.07) is 0. The van der Waals surface area contributed by atoms with Crippen LogP contribution < -0.4 is 0 Å². The van der Waals surface area contributed by atoms with Crippen LogP contribution in [-0.2, 0) is 28.8 Å². The Balaban J connectivity index is 1.84. The molecule has 1 saturated heterocycles. The zero-order valence-corrected chi connectivity index (χ0v) is 15.0. The average molecular weight is 352 g/mol. The van der Waals surface area contributed by atoms with Crippen LogP contribution in [-0.4, -0.2) is 58.4 Å². The van der Waals surface area contributed by atoms with Crippen molar-refractivity contribution in [3.63, 3.8) is 0 Å². The van der Waals surface area contributed by atoms with Gasteiger partial charge in [0.2, 0.25) is 0 Å². The van der Waals surface area contributed by atoms with Crippen molar-refractivity contribution in [3.05, 3.63) is 12.2 Å². The fourth-order valence-corrected chi connectivity index (χ4v) is 2.87. The van der Waals surface area contributed by atoms with Gasteiger partial charge < -0.3 is 4.74 Å². The first-order chi connectivity index (χ1) is 11.6. The third kappa shape index (κ3) is 4.73. The number of ether oxygens (including phenoxy) is 1. The van der Waals surface area contributed by atoms with Gasteiger partial charge in [0.25, 0.3) is 23.6 Å². The standard InChI is InChI=1S/C17H24N2O6/c1-11(2)25-19-15(22)9-12(16(19)23)10-17(3,4)24-8-7-18-13(20)5-6-14(18)21/h5-6,11-12H,7-10H2,1-4H3. The van der Waals surface area contributed by atoms with Gasteiger partial charge in [-0.05, 0) is 34.1 Å². The number of rotatable bonds is 8. The molecular formula is C17H24N2O6. The highest BCUT2D eigenvalue weighted by Crippen LogP contribution is 2.30. The van der Waals surface area contributed by atoms with E-state index in [1.807, 2.05) is 13.8 Å². The molecule has 138 valence electrons. The zero-order valence-electron chi connectivity index (χ0n) is 15.0. The maximum atomic E-state index is 12.3. The van der Waals surface area contributed by atoms with Crippen molar-refractivity contribution in [2.45, 2.75) is 52.2 Å². The van der Waals surface area contributed by atoms with Crippen LogP contribution in [0.15, 0.2) is 12.2 Å². The van der Waals surface area contributed by atoms with Gasteiger partial charge in [-0.2, -0.15) is 5.06 Å². The van der Waals surface area contributed by atoms with Crippen molar-refractivity contribution >= 4 is 23.6 Å². The zero-order chi connectivity index (χ0) is 18.8. The van der Waals surface area contributed by atoms with Crippen molar-refractivity contribution in [2.24, 2.45) is 5.92 Å². The highest BCUT2D eigenvalue weighted by molar-refractivity contribution is 6.12. The van der Waals surface area contributed by atoms with E-state index < -0.39 is 11.5 Å². The third-order valence-electron chi connectivity index (χ3n) is 3.96. The summed E-state index contributed by atoms with van der Waals surface area (Å²) in [5.74, 6) is -1.92. The molecule has 4 amide bonds. The molecule has 2 aliphatic heterocycles. The summed E-state index contributed by atoms with van der Waals surface area (Å²) in [6.07, 6.45) is 2.61. The van der Waals surface area contributed by atoms with E-state index in [1.165, 1.54) is 12.2 Å². The minimum absolute atomic E-state index is 0.0887. The minimum Gasteiger partial charge on any atom is -0.374 e. The molecule has 0 N–H and O–H groups in total. The molecule has 0 saturated carbocycles. The SMILES string of the molecule is CC(C)ON1C(=O)CC(CC(C)(C)OCCN2C(=O)C=CC2=O)C1=O. The molecule has 0 aromatic carbocycles. The molecule has 0 aliphatic carbocycles. The predicted molar refractivity (Wildman–Crippen MR) is 86.7 cm³/mol. The Morgan fingerprint density at radius 2 is 1.76 bits per heavy atom. The molecule has 0 radical (unpaired) electrons. The topological polar surface area (TPSA) is 93.2 Å². The Labute approximate surface area is 146 Å². The van der Waals surface area contributed by atoms with Crippen LogP contribution in [0.25, 0.3) is 0 Å². The van der Waals surface area contributed by atoms with Crippen molar-refractivity contribution in [3.8, 4) is 0 Å². The van der Waals surface area contributed by atoms with E-state index in [4.69, 9.17) is 9.57 Å². The second-order valence-electron chi connectivity index (χ2n) is 7.06. The lowest BCUT2D eigenvalue weighted by atomic mass is 9.92. The minimum atomic E-state index is -0.687. The highest BCUT2D eigenvalue weighted by Gasteiger charge is 2.43. The van der Waals surface area contributed by atoms with E-state index in [0.29, 0.717) is 6.42 Å². The van der Waals surface area contributed by atoms with E-state index >= 15 is 0 Å². The normalized spacial score (nSPS) is 21.4. The summed E-state index contributed by atoms with van der Waals surface area (Å²) in [5.41, 5.74) is -0.687. The van der Waals surface area contributed by atoms with Crippen LogP contribution in [0.2, 0.25) is 0 Å². The Morgan fingerprint density at radius 1 is 1.16 bits per heavy atom. The van der Waals surface area contributed by atoms with Crippen LogP contribution in [0.1, 0.15) is 40.5 Å². The Morgan fingerprint density at radius 3 is 2.32 bits per heavy atom. The maximum Gasteiger partial charge on any atom is 0.257 e. The van der Waals surface area contributed by atoms with Gasteiger partial charge in [0, 0.05) is 18.6 Å². The lowest BCUT2D eigenvalue weighted by molar-refractivity contribution is -0.199. The Bertz CT molecular complexity index is 592. The molecule has 0 spiro atoms. The van der Waals surface area contributed by atoms with Crippen LogP contribution in [0.4, 0.5) is 0 Å². The molecular weight excluding hydrogens is 328 g/mol.